The molecule has 1 saturated heterocycles. The first-order valence-corrected chi connectivity index (χ1v) is 8.53. The molecule has 2 aromatic carbocycles. The minimum absolute atomic E-state index is 0.148. The number of fused-ring (bicyclic) bond motifs is 1. The third kappa shape index (κ3) is 3.42. The molecule has 0 bridgehead atoms. The molecule has 0 spiro atoms. The Morgan fingerprint density at radius 1 is 1.09 bits per heavy atom. The summed E-state index contributed by atoms with van der Waals surface area (Å²) < 4.78 is 12.0. The van der Waals surface area contributed by atoms with E-state index >= 15 is 0 Å². The molecule has 3 rings (SSSR count). The van der Waals surface area contributed by atoms with Gasteiger partial charge in [0.25, 0.3) is 0 Å². The first-order valence-electron chi connectivity index (χ1n) is 8.53. The van der Waals surface area contributed by atoms with E-state index in [2.05, 4.69) is 44.2 Å². The quantitative estimate of drug-likeness (QED) is 0.929. The molecule has 5 atom stereocenters. The minimum Gasteiger partial charge on any atom is -0.388 e. The summed E-state index contributed by atoms with van der Waals surface area (Å²) >= 11 is 0. The third-order valence-corrected chi connectivity index (χ3v) is 4.97. The van der Waals surface area contributed by atoms with Gasteiger partial charge in [-0.15, -0.1) is 0 Å². The van der Waals surface area contributed by atoms with Crippen LogP contribution >= 0.6 is 0 Å². The van der Waals surface area contributed by atoms with E-state index in [9.17, 15) is 5.11 Å². The molecule has 1 fully saturated rings. The molecule has 2 unspecified atom stereocenters. The lowest BCUT2D eigenvalue weighted by molar-refractivity contribution is -0.209. The highest BCUT2D eigenvalue weighted by molar-refractivity contribution is 5.82. The van der Waals surface area contributed by atoms with Gasteiger partial charge >= 0.3 is 0 Å². The Balaban J connectivity index is 1.72. The van der Waals surface area contributed by atoms with E-state index in [1.54, 1.807) is 0 Å². The summed E-state index contributed by atoms with van der Waals surface area (Å²) in [6.45, 7) is 6.66. The molecule has 1 aliphatic heterocycles. The molecule has 1 heterocycles. The Bertz CT molecular complexity index is 654. The van der Waals surface area contributed by atoms with Crippen LogP contribution in [0.15, 0.2) is 42.5 Å². The summed E-state index contributed by atoms with van der Waals surface area (Å²) in [5.74, 6) is 0.187. The summed E-state index contributed by atoms with van der Waals surface area (Å²) in [4.78, 5) is 0. The number of rotatable bonds is 4. The number of hydrogen-bond donors (Lipinski definition) is 1. The molecule has 0 saturated carbocycles. The fraction of sp³-hybridized carbons (Fsp3) is 0.500. The Morgan fingerprint density at radius 2 is 1.83 bits per heavy atom. The monoisotopic (exact) mass is 314 g/mol. The smallest absolute Gasteiger partial charge is 0.106 e. The van der Waals surface area contributed by atoms with Gasteiger partial charge in [-0.1, -0.05) is 50.2 Å². The number of benzene rings is 2. The van der Waals surface area contributed by atoms with Gasteiger partial charge in [0, 0.05) is 5.92 Å². The van der Waals surface area contributed by atoms with Crippen LogP contribution in [0.2, 0.25) is 0 Å². The Hall–Kier alpha value is -1.42. The normalized spacial score (nSPS) is 31.4. The fourth-order valence-electron chi connectivity index (χ4n) is 3.51. The van der Waals surface area contributed by atoms with Crippen LogP contribution in [-0.2, 0) is 16.1 Å². The van der Waals surface area contributed by atoms with Crippen LogP contribution in [0.1, 0.15) is 32.8 Å². The Morgan fingerprint density at radius 3 is 2.57 bits per heavy atom. The average molecular weight is 314 g/mol. The number of ether oxygens (including phenoxy) is 2. The van der Waals surface area contributed by atoms with Crippen molar-refractivity contribution in [1.29, 1.82) is 0 Å². The average Bonchev–Trinajstić information content (AvgIpc) is 2.58. The van der Waals surface area contributed by atoms with Crippen LogP contribution in [0.25, 0.3) is 10.8 Å². The highest BCUT2D eigenvalue weighted by Crippen LogP contribution is 2.30. The van der Waals surface area contributed by atoms with E-state index in [1.165, 1.54) is 10.8 Å². The molecule has 3 heteroatoms. The van der Waals surface area contributed by atoms with Gasteiger partial charge < -0.3 is 14.6 Å². The van der Waals surface area contributed by atoms with Crippen molar-refractivity contribution in [2.45, 2.75) is 58.2 Å². The highest BCUT2D eigenvalue weighted by atomic mass is 16.5. The van der Waals surface area contributed by atoms with Crippen LogP contribution in [-0.4, -0.2) is 29.5 Å². The highest BCUT2D eigenvalue weighted by Gasteiger charge is 2.40. The zero-order valence-corrected chi connectivity index (χ0v) is 14.1. The van der Waals surface area contributed by atoms with Crippen molar-refractivity contribution in [3.8, 4) is 0 Å². The summed E-state index contributed by atoms with van der Waals surface area (Å²) in [7, 11) is 0. The van der Waals surface area contributed by atoms with Gasteiger partial charge in [-0.2, -0.15) is 0 Å². The molecule has 23 heavy (non-hydrogen) atoms. The van der Waals surface area contributed by atoms with Gasteiger partial charge in [-0.05, 0) is 35.7 Å². The van der Waals surface area contributed by atoms with Crippen LogP contribution in [0.5, 0.6) is 0 Å². The topological polar surface area (TPSA) is 38.7 Å². The zero-order valence-electron chi connectivity index (χ0n) is 14.1. The molecule has 0 radical (unpaired) electrons. The first kappa shape index (κ1) is 16.4. The van der Waals surface area contributed by atoms with Crippen LogP contribution in [0, 0.1) is 5.92 Å². The number of aliphatic hydroxyl groups is 1. The molecule has 1 aliphatic rings. The molecule has 1 N–H and O–H groups in total. The third-order valence-electron chi connectivity index (χ3n) is 4.97. The predicted molar refractivity (Wildman–Crippen MR) is 92.3 cm³/mol. The molecule has 0 amide bonds. The van der Waals surface area contributed by atoms with E-state index in [0.717, 1.165) is 12.0 Å². The van der Waals surface area contributed by atoms with E-state index in [-0.39, 0.29) is 24.2 Å². The molecule has 0 aromatic heterocycles. The SMILES string of the molecule is CCC1O[C@@H](C)C(O)[C@@H](OCc2ccc3ccccc3c2)[C@@H]1C. The van der Waals surface area contributed by atoms with Gasteiger partial charge in [0.05, 0.1) is 24.9 Å². The van der Waals surface area contributed by atoms with E-state index in [0.29, 0.717) is 6.61 Å². The molecular formula is C20H26O3. The van der Waals surface area contributed by atoms with Crippen LogP contribution in [0.4, 0.5) is 0 Å². The summed E-state index contributed by atoms with van der Waals surface area (Å²) in [5.41, 5.74) is 1.13. The lowest BCUT2D eigenvalue weighted by Crippen LogP contribution is -2.53. The van der Waals surface area contributed by atoms with Crippen molar-refractivity contribution >= 4 is 10.8 Å². The molecule has 0 aliphatic carbocycles. The number of aliphatic hydroxyl groups excluding tert-OH is 1. The van der Waals surface area contributed by atoms with E-state index < -0.39 is 6.10 Å². The maximum atomic E-state index is 10.4. The van der Waals surface area contributed by atoms with Crippen molar-refractivity contribution in [3.63, 3.8) is 0 Å². The van der Waals surface area contributed by atoms with E-state index in [4.69, 9.17) is 9.47 Å². The summed E-state index contributed by atoms with van der Waals surface area (Å²) in [6, 6.07) is 14.7. The maximum absolute atomic E-state index is 10.4. The Kier molecular flexibility index (Phi) is 5.00. The molecule has 124 valence electrons. The van der Waals surface area contributed by atoms with Crippen molar-refractivity contribution < 1.29 is 14.6 Å². The standard InChI is InChI=1S/C20H26O3/c1-4-18-13(2)20(19(21)14(3)23-18)22-12-15-9-10-16-7-5-6-8-17(16)11-15/h5-11,13-14,18-21H,4,12H2,1-3H3/t13-,14+,18?,19?,20+/m1/s1. The van der Waals surface area contributed by atoms with Crippen molar-refractivity contribution in [3.05, 3.63) is 48.0 Å². The lowest BCUT2D eigenvalue weighted by atomic mass is 9.87. The summed E-state index contributed by atoms with van der Waals surface area (Å²) in [6.07, 6.45) is 0.143. The van der Waals surface area contributed by atoms with E-state index in [1.807, 2.05) is 19.1 Å². The molecular weight excluding hydrogens is 288 g/mol. The van der Waals surface area contributed by atoms with Gasteiger partial charge in [0.15, 0.2) is 0 Å². The predicted octanol–water partition coefficient (Wildman–Crippen LogP) is 3.92. The first-order chi connectivity index (χ1) is 11.1. The lowest BCUT2D eigenvalue weighted by Gasteiger charge is -2.42. The largest absolute Gasteiger partial charge is 0.388 e. The van der Waals surface area contributed by atoms with Gasteiger partial charge in [-0.3, -0.25) is 0 Å². The van der Waals surface area contributed by atoms with Crippen molar-refractivity contribution in [1.82, 2.24) is 0 Å². The summed E-state index contributed by atoms with van der Waals surface area (Å²) in [5, 5.41) is 12.9. The zero-order chi connectivity index (χ0) is 16.4. The molecule has 2 aromatic rings. The fourth-order valence-corrected chi connectivity index (χ4v) is 3.51. The van der Waals surface area contributed by atoms with Gasteiger partial charge in [0.2, 0.25) is 0 Å². The van der Waals surface area contributed by atoms with Crippen molar-refractivity contribution in [2.75, 3.05) is 0 Å². The minimum atomic E-state index is -0.576. The van der Waals surface area contributed by atoms with Crippen LogP contribution < -0.4 is 0 Å². The second-order valence-electron chi connectivity index (χ2n) is 6.59. The maximum Gasteiger partial charge on any atom is 0.106 e. The van der Waals surface area contributed by atoms with Crippen LogP contribution in [0.3, 0.4) is 0 Å². The van der Waals surface area contributed by atoms with Gasteiger partial charge in [-0.25, -0.2) is 0 Å². The van der Waals surface area contributed by atoms with Crippen molar-refractivity contribution in [2.24, 2.45) is 5.92 Å². The Labute approximate surface area is 138 Å². The van der Waals surface area contributed by atoms with Gasteiger partial charge in [0.1, 0.15) is 6.10 Å². The molecule has 3 nitrogen and oxygen atoms in total. The number of hydrogen-bond acceptors (Lipinski definition) is 3. The second-order valence-corrected chi connectivity index (χ2v) is 6.59. The second kappa shape index (κ2) is 7.00.